The lowest BCUT2D eigenvalue weighted by Crippen LogP contribution is -2.05. The lowest BCUT2D eigenvalue weighted by molar-refractivity contribution is 0.413. The highest BCUT2D eigenvalue weighted by atomic mass is 19.1. The molecule has 0 aromatic heterocycles. The van der Waals surface area contributed by atoms with E-state index in [0.29, 0.717) is 17.7 Å². The monoisotopic (exact) mass is 207 g/mol. The van der Waals surface area contributed by atoms with Gasteiger partial charge < -0.3 is 10.1 Å². The zero-order valence-electron chi connectivity index (χ0n) is 8.93. The van der Waals surface area contributed by atoms with Gasteiger partial charge in [0.25, 0.3) is 0 Å². The van der Waals surface area contributed by atoms with E-state index in [0.717, 1.165) is 6.54 Å². The van der Waals surface area contributed by atoms with Crippen LogP contribution >= 0.6 is 0 Å². The van der Waals surface area contributed by atoms with Gasteiger partial charge in [0.05, 0.1) is 12.7 Å². The van der Waals surface area contributed by atoms with Crippen LogP contribution < -0.4 is 10.1 Å². The summed E-state index contributed by atoms with van der Waals surface area (Å²) >= 11 is 0. The minimum absolute atomic E-state index is 0.312. The smallest absolute Gasteiger partial charge is 0.139 e. The van der Waals surface area contributed by atoms with E-state index in [9.17, 15) is 4.39 Å². The van der Waals surface area contributed by atoms with Crippen molar-refractivity contribution >= 4 is 0 Å². The Hall–Kier alpha value is -1.53. The third kappa shape index (κ3) is 3.61. The van der Waals surface area contributed by atoms with Crippen molar-refractivity contribution in [1.82, 2.24) is 5.32 Å². The van der Waals surface area contributed by atoms with Crippen LogP contribution in [0.1, 0.15) is 12.0 Å². The van der Waals surface area contributed by atoms with Gasteiger partial charge in [0.15, 0.2) is 0 Å². The molecule has 3 heteroatoms. The molecule has 0 amide bonds. The Morgan fingerprint density at radius 3 is 2.93 bits per heavy atom. The van der Waals surface area contributed by atoms with Crippen molar-refractivity contribution in [1.29, 1.82) is 0 Å². The molecule has 1 N–H and O–H groups in total. The SMILES string of the molecule is CNCCC#Cc1cc(OC)ccc1F. The van der Waals surface area contributed by atoms with Crippen molar-refractivity contribution < 1.29 is 9.13 Å². The predicted molar refractivity (Wildman–Crippen MR) is 58.4 cm³/mol. The van der Waals surface area contributed by atoms with Gasteiger partial charge in [-0.15, -0.1) is 0 Å². The number of benzene rings is 1. The summed E-state index contributed by atoms with van der Waals surface area (Å²) in [4.78, 5) is 0. The fourth-order valence-corrected chi connectivity index (χ4v) is 1.07. The molecule has 15 heavy (non-hydrogen) atoms. The minimum Gasteiger partial charge on any atom is -0.497 e. The topological polar surface area (TPSA) is 21.3 Å². The summed E-state index contributed by atoms with van der Waals surface area (Å²) < 4.78 is 18.2. The van der Waals surface area contributed by atoms with Gasteiger partial charge in [0, 0.05) is 13.0 Å². The number of nitrogens with one attached hydrogen (secondary N) is 1. The van der Waals surface area contributed by atoms with Gasteiger partial charge in [-0.3, -0.25) is 0 Å². The molecule has 1 rings (SSSR count). The molecular weight excluding hydrogens is 193 g/mol. The van der Waals surface area contributed by atoms with Crippen molar-refractivity contribution in [3.8, 4) is 17.6 Å². The average molecular weight is 207 g/mol. The summed E-state index contributed by atoms with van der Waals surface area (Å²) in [5, 5.41) is 2.97. The molecule has 1 aromatic rings. The molecule has 0 aliphatic rings. The van der Waals surface area contributed by atoms with E-state index in [1.165, 1.54) is 6.07 Å². The summed E-state index contributed by atoms with van der Waals surface area (Å²) in [5.41, 5.74) is 0.380. The summed E-state index contributed by atoms with van der Waals surface area (Å²) in [6.45, 7) is 0.804. The van der Waals surface area contributed by atoms with E-state index in [1.807, 2.05) is 7.05 Å². The third-order valence-electron chi connectivity index (χ3n) is 1.90. The fraction of sp³-hybridized carbons (Fsp3) is 0.333. The van der Waals surface area contributed by atoms with Gasteiger partial charge >= 0.3 is 0 Å². The largest absolute Gasteiger partial charge is 0.497 e. The quantitative estimate of drug-likeness (QED) is 0.602. The highest BCUT2D eigenvalue weighted by Gasteiger charge is 2.00. The first-order valence-corrected chi connectivity index (χ1v) is 4.75. The standard InChI is InChI=1S/C12H14FNO/c1-14-8-4-3-5-10-9-11(15-2)6-7-12(10)13/h6-7,9,14H,4,8H2,1-2H3. The maximum atomic E-state index is 13.2. The lowest BCUT2D eigenvalue weighted by atomic mass is 10.2. The third-order valence-corrected chi connectivity index (χ3v) is 1.90. The van der Waals surface area contributed by atoms with E-state index in [1.54, 1.807) is 19.2 Å². The second kappa shape index (κ2) is 6.05. The normalized spacial score (nSPS) is 9.27. The molecule has 1 aromatic carbocycles. The highest BCUT2D eigenvalue weighted by Crippen LogP contribution is 2.15. The molecule has 0 radical (unpaired) electrons. The molecule has 0 saturated carbocycles. The molecule has 0 heterocycles. The number of ether oxygens (including phenoxy) is 1. The Morgan fingerprint density at radius 2 is 2.27 bits per heavy atom. The van der Waals surface area contributed by atoms with Crippen LogP contribution in [0.3, 0.4) is 0 Å². The van der Waals surface area contributed by atoms with Crippen molar-refractivity contribution in [3.63, 3.8) is 0 Å². The first-order valence-electron chi connectivity index (χ1n) is 4.75. The Morgan fingerprint density at radius 1 is 1.47 bits per heavy atom. The molecule has 0 aliphatic heterocycles. The summed E-state index contributed by atoms with van der Waals surface area (Å²) in [6, 6.07) is 4.54. The maximum absolute atomic E-state index is 13.2. The van der Waals surface area contributed by atoms with Gasteiger partial charge in [0.2, 0.25) is 0 Å². The molecule has 0 saturated heterocycles. The fourth-order valence-electron chi connectivity index (χ4n) is 1.07. The summed E-state index contributed by atoms with van der Waals surface area (Å²) in [6.07, 6.45) is 0.702. The van der Waals surface area contributed by atoms with Gasteiger partial charge in [-0.05, 0) is 25.2 Å². The first kappa shape index (κ1) is 11.5. The van der Waals surface area contributed by atoms with E-state index in [-0.39, 0.29) is 5.82 Å². The van der Waals surface area contributed by atoms with E-state index >= 15 is 0 Å². The van der Waals surface area contributed by atoms with Crippen LogP contribution in [0, 0.1) is 17.7 Å². The number of hydrogen-bond acceptors (Lipinski definition) is 2. The molecule has 2 nitrogen and oxygen atoms in total. The second-order valence-electron chi connectivity index (χ2n) is 3.00. The second-order valence-corrected chi connectivity index (χ2v) is 3.00. The molecule has 0 atom stereocenters. The van der Waals surface area contributed by atoms with Gasteiger partial charge in [-0.1, -0.05) is 11.8 Å². The van der Waals surface area contributed by atoms with Crippen LogP contribution in [-0.4, -0.2) is 20.7 Å². The maximum Gasteiger partial charge on any atom is 0.139 e. The molecule has 0 fully saturated rings. The molecular formula is C12H14FNO. The van der Waals surface area contributed by atoms with Gasteiger partial charge in [-0.25, -0.2) is 4.39 Å². The molecule has 0 aliphatic carbocycles. The number of halogens is 1. The summed E-state index contributed by atoms with van der Waals surface area (Å²) in [7, 11) is 3.40. The van der Waals surface area contributed by atoms with Crippen LogP contribution in [0.2, 0.25) is 0 Å². The van der Waals surface area contributed by atoms with Crippen molar-refractivity contribution in [2.24, 2.45) is 0 Å². The van der Waals surface area contributed by atoms with Gasteiger partial charge in [-0.2, -0.15) is 0 Å². The lowest BCUT2D eigenvalue weighted by Gasteiger charge is -2.00. The summed E-state index contributed by atoms with van der Waals surface area (Å²) in [5.74, 6) is 5.97. The van der Waals surface area contributed by atoms with Crippen molar-refractivity contribution in [2.45, 2.75) is 6.42 Å². The average Bonchev–Trinajstić information content (AvgIpc) is 2.26. The van der Waals surface area contributed by atoms with Crippen LogP contribution in [0.5, 0.6) is 5.75 Å². The Kier molecular flexibility index (Phi) is 4.65. The zero-order chi connectivity index (χ0) is 11.1. The number of methoxy groups -OCH3 is 1. The Balaban J connectivity index is 2.77. The molecule has 0 spiro atoms. The number of hydrogen-bond donors (Lipinski definition) is 1. The highest BCUT2D eigenvalue weighted by molar-refractivity contribution is 5.40. The van der Waals surface area contributed by atoms with Crippen LogP contribution in [0.25, 0.3) is 0 Å². The Labute approximate surface area is 89.4 Å². The molecule has 80 valence electrons. The predicted octanol–water partition coefficient (Wildman–Crippen LogP) is 1.80. The molecule has 0 unspecified atom stereocenters. The van der Waals surface area contributed by atoms with Crippen LogP contribution in [0.15, 0.2) is 18.2 Å². The van der Waals surface area contributed by atoms with E-state index < -0.39 is 0 Å². The zero-order valence-corrected chi connectivity index (χ0v) is 8.93. The van der Waals surface area contributed by atoms with Crippen molar-refractivity contribution in [2.75, 3.05) is 20.7 Å². The Bertz CT molecular complexity index is 379. The van der Waals surface area contributed by atoms with Crippen LogP contribution in [-0.2, 0) is 0 Å². The van der Waals surface area contributed by atoms with E-state index in [2.05, 4.69) is 17.2 Å². The van der Waals surface area contributed by atoms with Crippen LogP contribution in [0.4, 0.5) is 4.39 Å². The minimum atomic E-state index is -0.312. The van der Waals surface area contributed by atoms with E-state index in [4.69, 9.17) is 4.74 Å². The molecule has 0 bridgehead atoms. The first-order chi connectivity index (χ1) is 7.27. The van der Waals surface area contributed by atoms with Gasteiger partial charge in [0.1, 0.15) is 11.6 Å². The van der Waals surface area contributed by atoms with Crippen molar-refractivity contribution in [3.05, 3.63) is 29.6 Å². The number of rotatable bonds is 3.